The molecule has 7 rings (SSSR count). The van der Waals surface area contributed by atoms with E-state index in [-0.39, 0.29) is 0 Å². The van der Waals surface area contributed by atoms with Crippen molar-refractivity contribution in [1.29, 1.82) is 0 Å². The van der Waals surface area contributed by atoms with Gasteiger partial charge in [0.15, 0.2) is 5.82 Å². The number of H-pyrrole nitrogens is 2. The Balaban J connectivity index is 1.05. The lowest BCUT2D eigenvalue weighted by atomic mass is 10.00. The van der Waals surface area contributed by atoms with Gasteiger partial charge in [-0.3, -0.25) is 0 Å². The summed E-state index contributed by atoms with van der Waals surface area (Å²) in [6.45, 7) is 1.06. The first-order chi connectivity index (χ1) is 17.3. The SMILES string of the molecule is c1cc(-c2cnc(C3CCCCN3)[nH]2)ccc1-c1ncc(-c2cnc([C@H]3N[C@@H]4CC[C@H]3C4)[nH]2)cn1. The standard InChI is InChI=1S/C27H30N8/c1-2-10-28-21(3-1)26-31-14-22(34-26)16-4-6-17(7-5-16)25-29-12-19(13-30-25)23-15-32-27(35-23)24-18-8-9-20(11-18)33-24/h4-7,12-15,18,20-21,24,28,33H,1-3,8-11H2,(H,31,34)(H,32,35)/t18-,20+,21?,24-/m0/s1. The van der Waals surface area contributed by atoms with Gasteiger partial charge in [0, 0.05) is 29.6 Å². The van der Waals surface area contributed by atoms with E-state index < -0.39 is 0 Å². The molecule has 8 nitrogen and oxygen atoms in total. The van der Waals surface area contributed by atoms with Gasteiger partial charge >= 0.3 is 0 Å². The van der Waals surface area contributed by atoms with Gasteiger partial charge in [0.25, 0.3) is 0 Å². The highest BCUT2D eigenvalue weighted by Crippen LogP contribution is 2.42. The molecule has 4 aromatic rings. The van der Waals surface area contributed by atoms with Crippen LogP contribution in [0.15, 0.2) is 49.1 Å². The van der Waals surface area contributed by atoms with Crippen LogP contribution in [-0.2, 0) is 0 Å². The Labute approximate surface area is 204 Å². The van der Waals surface area contributed by atoms with Crippen LogP contribution < -0.4 is 10.6 Å². The second-order valence-corrected chi connectivity index (χ2v) is 10.2. The molecule has 0 spiro atoms. The summed E-state index contributed by atoms with van der Waals surface area (Å²) in [5.41, 5.74) is 5.06. The van der Waals surface area contributed by atoms with Gasteiger partial charge in [-0.05, 0) is 50.1 Å². The number of hydrogen-bond acceptors (Lipinski definition) is 6. The van der Waals surface area contributed by atoms with Crippen LogP contribution in [0.2, 0.25) is 0 Å². The van der Waals surface area contributed by atoms with E-state index in [1.807, 2.05) is 24.8 Å². The first kappa shape index (κ1) is 21.0. The second-order valence-electron chi connectivity index (χ2n) is 10.2. The molecule has 5 heterocycles. The molecule has 8 heteroatoms. The maximum atomic E-state index is 4.66. The third-order valence-corrected chi connectivity index (χ3v) is 7.90. The summed E-state index contributed by atoms with van der Waals surface area (Å²) < 4.78 is 0. The fourth-order valence-corrected chi connectivity index (χ4v) is 5.96. The summed E-state index contributed by atoms with van der Waals surface area (Å²) in [6, 6.07) is 9.68. The summed E-state index contributed by atoms with van der Waals surface area (Å²) in [4.78, 5) is 25.5. The van der Waals surface area contributed by atoms with E-state index in [2.05, 4.69) is 64.8 Å². The molecular weight excluding hydrogens is 436 g/mol. The molecule has 3 aromatic heterocycles. The van der Waals surface area contributed by atoms with Gasteiger partial charge in [-0.15, -0.1) is 0 Å². The molecule has 2 aliphatic heterocycles. The van der Waals surface area contributed by atoms with Gasteiger partial charge in [0.2, 0.25) is 0 Å². The van der Waals surface area contributed by atoms with Crippen molar-refractivity contribution in [3.05, 3.63) is 60.7 Å². The zero-order valence-electron chi connectivity index (χ0n) is 19.7. The topological polar surface area (TPSA) is 107 Å². The lowest BCUT2D eigenvalue weighted by Crippen LogP contribution is -2.29. The van der Waals surface area contributed by atoms with Crippen LogP contribution in [0, 0.1) is 5.92 Å². The summed E-state index contributed by atoms with van der Waals surface area (Å²) in [5, 5.41) is 7.25. The monoisotopic (exact) mass is 466 g/mol. The highest BCUT2D eigenvalue weighted by molar-refractivity contribution is 5.66. The van der Waals surface area contributed by atoms with E-state index in [1.54, 1.807) is 0 Å². The van der Waals surface area contributed by atoms with Gasteiger partial charge in [-0.25, -0.2) is 19.9 Å². The van der Waals surface area contributed by atoms with Gasteiger partial charge in [0.05, 0.1) is 35.9 Å². The Morgan fingerprint density at radius 2 is 1.43 bits per heavy atom. The Morgan fingerprint density at radius 3 is 2.14 bits per heavy atom. The molecule has 3 fully saturated rings. The van der Waals surface area contributed by atoms with E-state index >= 15 is 0 Å². The van der Waals surface area contributed by atoms with Gasteiger partial charge in [0.1, 0.15) is 11.6 Å². The molecule has 2 saturated heterocycles. The average molecular weight is 467 g/mol. The number of imidazole rings is 2. The largest absolute Gasteiger partial charge is 0.341 e. The minimum Gasteiger partial charge on any atom is -0.341 e. The number of piperidine rings is 2. The minimum atomic E-state index is 0.333. The zero-order chi connectivity index (χ0) is 23.2. The van der Waals surface area contributed by atoms with Crippen molar-refractivity contribution in [2.24, 2.45) is 5.92 Å². The second kappa shape index (κ2) is 8.70. The van der Waals surface area contributed by atoms with Crippen molar-refractivity contribution in [3.63, 3.8) is 0 Å². The van der Waals surface area contributed by atoms with E-state index in [4.69, 9.17) is 0 Å². The number of aromatic amines is 2. The summed E-state index contributed by atoms with van der Waals surface area (Å²) >= 11 is 0. The molecule has 3 aliphatic rings. The lowest BCUT2D eigenvalue weighted by Gasteiger charge is -2.21. The molecule has 4 N–H and O–H groups in total. The van der Waals surface area contributed by atoms with Crippen LogP contribution in [0.1, 0.15) is 62.3 Å². The average Bonchev–Trinajstić information content (AvgIpc) is 3.74. The fraction of sp³-hybridized carbons (Fsp3) is 0.407. The normalized spacial score (nSPS) is 25.8. The smallest absolute Gasteiger partial charge is 0.159 e. The van der Waals surface area contributed by atoms with Crippen LogP contribution >= 0.6 is 0 Å². The summed E-state index contributed by atoms with van der Waals surface area (Å²) in [5.74, 6) is 3.48. The number of nitrogens with zero attached hydrogens (tertiary/aromatic N) is 4. The van der Waals surface area contributed by atoms with Crippen LogP contribution in [0.4, 0.5) is 0 Å². The van der Waals surface area contributed by atoms with Crippen LogP contribution in [-0.4, -0.2) is 42.5 Å². The number of hydrogen-bond donors (Lipinski definition) is 4. The van der Waals surface area contributed by atoms with Crippen LogP contribution in [0.5, 0.6) is 0 Å². The van der Waals surface area contributed by atoms with Crippen molar-refractivity contribution in [2.75, 3.05) is 6.54 Å². The highest BCUT2D eigenvalue weighted by atomic mass is 15.1. The number of nitrogens with one attached hydrogen (secondary N) is 4. The van der Waals surface area contributed by atoms with Crippen LogP contribution in [0.3, 0.4) is 0 Å². The Bertz CT molecular complexity index is 1300. The van der Waals surface area contributed by atoms with Crippen molar-refractivity contribution in [3.8, 4) is 33.9 Å². The maximum Gasteiger partial charge on any atom is 0.159 e. The van der Waals surface area contributed by atoms with E-state index in [9.17, 15) is 0 Å². The Hall–Kier alpha value is -3.36. The van der Waals surface area contributed by atoms with Crippen molar-refractivity contribution in [2.45, 2.75) is 56.7 Å². The third kappa shape index (κ3) is 3.96. The molecule has 4 atom stereocenters. The molecule has 1 saturated carbocycles. The lowest BCUT2D eigenvalue weighted by molar-refractivity contribution is 0.379. The predicted octanol–water partition coefficient (Wildman–Crippen LogP) is 4.55. The molecule has 35 heavy (non-hydrogen) atoms. The first-order valence-electron chi connectivity index (χ1n) is 12.8. The third-order valence-electron chi connectivity index (χ3n) is 7.90. The van der Waals surface area contributed by atoms with Gasteiger partial charge in [-0.1, -0.05) is 30.7 Å². The summed E-state index contributed by atoms with van der Waals surface area (Å²) in [7, 11) is 0. The van der Waals surface area contributed by atoms with Crippen molar-refractivity contribution in [1.82, 2.24) is 40.5 Å². The molecule has 1 aromatic carbocycles. The first-order valence-corrected chi connectivity index (χ1v) is 12.8. The zero-order valence-corrected chi connectivity index (χ0v) is 19.7. The number of rotatable bonds is 5. The van der Waals surface area contributed by atoms with E-state index in [0.717, 1.165) is 52.7 Å². The molecule has 178 valence electrons. The Morgan fingerprint density at radius 1 is 0.686 bits per heavy atom. The maximum absolute atomic E-state index is 4.66. The highest BCUT2D eigenvalue weighted by Gasteiger charge is 2.41. The van der Waals surface area contributed by atoms with Crippen molar-refractivity contribution >= 4 is 0 Å². The van der Waals surface area contributed by atoms with Crippen molar-refractivity contribution < 1.29 is 0 Å². The quantitative estimate of drug-likeness (QED) is 0.344. The number of aromatic nitrogens is 6. The molecule has 1 unspecified atom stereocenters. The van der Waals surface area contributed by atoms with Crippen LogP contribution in [0.25, 0.3) is 33.9 Å². The number of fused-ring (bicyclic) bond motifs is 2. The molecule has 0 radical (unpaired) electrons. The number of benzene rings is 1. The molecule has 1 aliphatic carbocycles. The predicted molar refractivity (Wildman–Crippen MR) is 134 cm³/mol. The molecule has 0 amide bonds. The Kier molecular flexibility index (Phi) is 5.21. The van der Waals surface area contributed by atoms with Gasteiger partial charge in [-0.2, -0.15) is 0 Å². The molecular formula is C27H30N8. The van der Waals surface area contributed by atoms with E-state index in [0.29, 0.717) is 29.9 Å². The minimum absolute atomic E-state index is 0.333. The molecule has 2 bridgehead atoms. The fourth-order valence-electron chi connectivity index (χ4n) is 5.96. The van der Waals surface area contributed by atoms with Gasteiger partial charge < -0.3 is 20.6 Å². The van der Waals surface area contributed by atoms with E-state index in [1.165, 1.54) is 32.1 Å². The summed E-state index contributed by atoms with van der Waals surface area (Å²) in [6.07, 6.45) is 15.1.